The first-order valence-electron chi connectivity index (χ1n) is 20.0. The Kier molecular flexibility index (Phi) is 8.10. The predicted molar refractivity (Wildman–Crippen MR) is 239 cm³/mol. The van der Waals surface area contributed by atoms with E-state index in [2.05, 4.69) is 204 Å². The van der Waals surface area contributed by atoms with E-state index in [0.717, 1.165) is 65.2 Å². The smallest absolute Gasteiger partial charge is 0.142 e. The van der Waals surface area contributed by atoms with Crippen LogP contribution in [-0.4, -0.2) is 4.57 Å². The Bertz CT molecular complexity index is 2980. The highest BCUT2D eigenvalue weighted by Crippen LogP contribution is 2.41. The third-order valence-electron chi connectivity index (χ3n) is 11.7. The van der Waals surface area contributed by atoms with E-state index in [9.17, 15) is 0 Å². The Labute approximate surface area is 333 Å². The molecule has 0 aliphatic heterocycles. The molecular weight excluding hydrogens is 693 g/mol. The fourth-order valence-corrected chi connectivity index (χ4v) is 8.96. The number of para-hydroxylation sites is 2. The first kappa shape index (κ1) is 33.3. The number of furan rings is 1. The second kappa shape index (κ2) is 13.9. The molecule has 3 nitrogen and oxygen atoms in total. The molecule has 272 valence electrons. The van der Waals surface area contributed by atoms with Crippen LogP contribution < -0.4 is 4.90 Å². The second-order valence-electron chi connectivity index (χ2n) is 15.1. The summed E-state index contributed by atoms with van der Waals surface area (Å²) in [7, 11) is 0. The number of hydrogen-bond donors (Lipinski definition) is 0. The summed E-state index contributed by atoms with van der Waals surface area (Å²) in [5.74, 6) is 1.09. The molecule has 2 aliphatic rings. The molecule has 57 heavy (non-hydrogen) atoms. The number of aryl methyl sites for hydroxylation is 1. The number of hydrogen-bond acceptors (Lipinski definition) is 2. The quantitative estimate of drug-likeness (QED) is 0.163. The molecular formula is C54H40N2O. The van der Waals surface area contributed by atoms with E-state index in [-0.39, 0.29) is 0 Å². The lowest BCUT2D eigenvalue weighted by molar-refractivity contribution is 0.547. The largest absolute Gasteiger partial charge is 0.460 e. The molecule has 0 radical (unpaired) electrons. The van der Waals surface area contributed by atoms with Crippen LogP contribution in [-0.2, 0) is 12.8 Å². The lowest BCUT2D eigenvalue weighted by Gasteiger charge is -2.26. The van der Waals surface area contributed by atoms with Crippen LogP contribution in [0.4, 0.5) is 17.1 Å². The number of fused-ring (bicyclic) bond motifs is 6. The minimum atomic E-state index is 0.949. The van der Waals surface area contributed by atoms with Crippen molar-refractivity contribution in [2.75, 3.05) is 4.90 Å². The third-order valence-corrected chi connectivity index (χ3v) is 11.7. The lowest BCUT2D eigenvalue weighted by atomic mass is 9.98. The van der Waals surface area contributed by atoms with Crippen LogP contribution in [0.2, 0.25) is 0 Å². The molecule has 2 heterocycles. The highest BCUT2D eigenvalue weighted by molar-refractivity contribution is 5.99. The highest BCUT2D eigenvalue weighted by atomic mass is 16.3. The van der Waals surface area contributed by atoms with Crippen LogP contribution in [0.15, 0.2) is 186 Å². The molecule has 2 aromatic heterocycles. The topological polar surface area (TPSA) is 21.3 Å². The lowest BCUT2D eigenvalue weighted by Crippen LogP contribution is -2.09. The van der Waals surface area contributed by atoms with Crippen molar-refractivity contribution < 1.29 is 4.42 Å². The van der Waals surface area contributed by atoms with E-state index in [1.807, 2.05) is 0 Å². The molecule has 0 spiro atoms. The average Bonchev–Trinajstić information content (AvgIpc) is 3.84. The first-order chi connectivity index (χ1) is 28.3. The number of allylic oxidation sites excluding steroid dienone is 2. The predicted octanol–water partition coefficient (Wildman–Crippen LogP) is 14.8. The molecule has 0 unspecified atom stereocenters. The van der Waals surface area contributed by atoms with Gasteiger partial charge in [0.25, 0.3) is 0 Å². The standard InChI is InChI=1S/C54H40N2O/c1-2-12-37(13-3-1)38-24-30-42(31-25-38)55(44-34-28-40(29-35-44)46-19-11-20-50-49-18-6-9-23-53(49)57-54(46)50)43-32-26-39(27-33-43)41-14-10-15-45(36-41)56-51-21-7-4-16-47(51)48-17-5-8-22-52(48)56/h1-7,10-21,24-36H,8-9,22-23H2. The highest BCUT2D eigenvalue weighted by Gasteiger charge is 2.20. The van der Waals surface area contributed by atoms with Crippen molar-refractivity contribution in [3.05, 3.63) is 205 Å². The molecule has 0 N–H and O–H groups in total. The van der Waals surface area contributed by atoms with Crippen molar-refractivity contribution in [3.63, 3.8) is 0 Å². The van der Waals surface area contributed by atoms with Crippen LogP contribution in [0, 0.1) is 0 Å². The van der Waals surface area contributed by atoms with E-state index >= 15 is 0 Å². The van der Waals surface area contributed by atoms with Gasteiger partial charge in [-0.15, -0.1) is 0 Å². The SMILES string of the molecule is C1=Cc2c(oc3c(-c4ccc(N(c5ccc(-c6ccccc6)cc5)c5ccc(-c6cccc(-n7c8c(c9ccccc97)C=CCC8)c6)cc5)cc4)cccc23)CC1. The molecule has 0 amide bonds. The van der Waals surface area contributed by atoms with Gasteiger partial charge in [-0.25, -0.2) is 0 Å². The van der Waals surface area contributed by atoms with Crippen LogP contribution in [0.25, 0.3) is 73.1 Å². The number of aromatic nitrogens is 1. The van der Waals surface area contributed by atoms with Crippen LogP contribution in [0.1, 0.15) is 35.4 Å². The van der Waals surface area contributed by atoms with E-state index in [4.69, 9.17) is 4.42 Å². The summed E-state index contributed by atoms with van der Waals surface area (Å²) in [6.45, 7) is 0. The maximum Gasteiger partial charge on any atom is 0.142 e. The van der Waals surface area contributed by atoms with Gasteiger partial charge in [0.05, 0.1) is 5.52 Å². The summed E-state index contributed by atoms with van der Waals surface area (Å²) in [5.41, 5.74) is 17.7. The van der Waals surface area contributed by atoms with Gasteiger partial charge in [0, 0.05) is 62.3 Å². The number of nitrogens with zero attached hydrogens (tertiary/aromatic N) is 2. The molecule has 0 bridgehead atoms. The molecule has 0 atom stereocenters. The summed E-state index contributed by atoms with van der Waals surface area (Å²) < 4.78 is 8.96. The van der Waals surface area contributed by atoms with Crippen LogP contribution in [0.3, 0.4) is 0 Å². The van der Waals surface area contributed by atoms with E-state index in [0.29, 0.717) is 0 Å². The Morgan fingerprint density at radius 3 is 1.79 bits per heavy atom. The van der Waals surface area contributed by atoms with E-state index in [1.165, 1.54) is 61.1 Å². The zero-order valence-electron chi connectivity index (χ0n) is 31.6. The fourth-order valence-electron chi connectivity index (χ4n) is 8.96. The fraction of sp³-hybridized carbons (Fsp3) is 0.0741. The summed E-state index contributed by atoms with van der Waals surface area (Å²) in [6, 6.07) is 61.7. The molecule has 3 heteroatoms. The zero-order valence-corrected chi connectivity index (χ0v) is 31.6. The van der Waals surface area contributed by atoms with Gasteiger partial charge in [-0.2, -0.15) is 0 Å². The maximum atomic E-state index is 6.49. The van der Waals surface area contributed by atoms with E-state index in [1.54, 1.807) is 0 Å². The molecule has 7 aromatic carbocycles. The summed E-state index contributed by atoms with van der Waals surface area (Å²) in [6.07, 6.45) is 13.2. The van der Waals surface area contributed by atoms with Gasteiger partial charge in [-0.05, 0) is 102 Å². The maximum absolute atomic E-state index is 6.49. The summed E-state index contributed by atoms with van der Waals surface area (Å²) in [5, 5.41) is 2.50. The minimum absolute atomic E-state index is 0.949. The number of anilines is 3. The van der Waals surface area contributed by atoms with Crippen molar-refractivity contribution in [2.45, 2.75) is 25.7 Å². The monoisotopic (exact) mass is 732 g/mol. The van der Waals surface area contributed by atoms with Gasteiger partial charge in [0.2, 0.25) is 0 Å². The second-order valence-corrected chi connectivity index (χ2v) is 15.1. The van der Waals surface area contributed by atoms with Crippen molar-refractivity contribution in [3.8, 4) is 39.1 Å². The molecule has 9 aromatic rings. The molecule has 0 saturated carbocycles. The van der Waals surface area contributed by atoms with Crippen LogP contribution >= 0.6 is 0 Å². The van der Waals surface area contributed by atoms with Gasteiger partial charge in [-0.3, -0.25) is 0 Å². The number of benzene rings is 7. The first-order valence-corrected chi connectivity index (χ1v) is 20.0. The van der Waals surface area contributed by atoms with Gasteiger partial charge >= 0.3 is 0 Å². The van der Waals surface area contributed by atoms with Crippen LogP contribution in [0.5, 0.6) is 0 Å². The average molecular weight is 733 g/mol. The number of rotatable bonds is 7. The Morgan fingerprint density at radius 1 is 0.456 bits per heavy atom. The normalized spacial score (nSPS) is 13.2. The van der Waals surface area contributed by atoms with Crippen molar-refractivity contribution in [2.24, 2.45) is 0 Å². The van der Waals surface area contributed by atoms with Gasteiger partial charge in [-0.1, -0.05) is 140 Å². The van der Waals surface area contributed by atoms with E-state index < -0.39 is 0 Å². The Morgan fingerprint density at radius 2 is 1.04 bits per heavy atom. The molecule has 0 saturated heterocycles. The van der Waals surface area contributed by atoms with Gasteiger partial charge in [0.1, 0.15) is 11.3 Å². The van der Waals surface area contributed by atoms with Crippen molar-refractivity contribution in [1.29, 1.82) is 0 Å². The summed E-state index contributed by atoms with van der Waals surface area (Å²) in [4.78, 5) is 2.35. The summed E-state index contributed by atoms with van der Waals surface area (Å²) >= 11 is 0. The molecule has 2 aliphatic carbocycles. The third kappa shape index (κ3) is 5.82. The zero-order chi connectivity index (χ0) is 37.7. The molecule has 11 rings (SSSR count). The van der Waals surface area contributed by atoms with Crippen molar-refractivity contribution in [1.82, 2.24) is 4.57 Å². The Hall–Kier alpha value is -7.10. The van der Waals surface area contributed by atoms with Gasteiger partial charge in [0.15, 0.2) is 0 Å². The minimum Gasteiger partial charge on any atom is -0.460 e. The van der Waals surface area contributed by atoms with Crippen molar-refractivity contribution >= 4 is 51.1 Å². The van der Waals surface area contributed by atoms with Gasteiger partial charge < -0.3 is 13.9 Å². The Balaban J connectivity index is 0.963. The molecule has 0 fully saturated rings.